The van der Waals surface area contributed by atoms with Crippen molar-refractivity contribution in [1.29, 1.82) is 0 Å². The number of alkyl halides is 3. The van der Waals surface area contributed by atoms with E-state index in [0.717, 1.165) is 19.2 Å². The van der Waals surface area contributed by atoms with Crippen LogP contribution < -0.4 is 9.64 Å². The monoisotopic (exact) mass is 655 g/mol. The van der Waals surface area contributed by atoms with E-state index >= 15 is 0 Å². The molecule has 0 unspecified atom stereocenters. The number of hydrogen-bond donors (Lipinski definition) is 0. The number of halogens is 7. The van der Waals surface area contributed by atoms with Crippen molar-refractivity contribution in [1.82, 2.24) is 0 Å². The van der Waals surface area contributed by atoms with E-state index in [1.165, 1.54) is 12.1 Å². The van der Waals surface area contributed by atoms with Gasteiger partial charge in [-0.2, -0.15) is 13.2 Å². The Morgan fingerprint density at radius 1 is 0.952 bits per heavy atom. The summed E-state index contributed by atoms with van der Waals surface area (Å²) in [5.41, 5.74) is -0.411. The van der Waals surface area contributed by atoms with Gasteiger partial charge in [0.05, 0.1) is 29.5 Å². The van der Waals surface area contributed by atoms with Crippen molar-refractivity contribution >= 4 is 33.3 Å². The Morgan fingerprint density at radius 3 is 2.21 bits per heavy atom. The predicted octanol–water partition coefficient (Wildman–Crippen LogP) is 9.82. The minimum atomic E-state index is -4.75. The van der Waals surface area contributed by atoms with E-state index in [2.05, 4.69) is 20.7 Å². The fourth-order valence-electron chi connectivity index (χ4n) is 4.29. The van der Waals surface area contributed by atoms with E-state index in [9.17, 15) is 31.1 Å². The summed E-state index contributed by atoms with van der Waals surface area (Å²) in [6.07, 6.45) is -0.0361. The van der Waals surface area contributed by atoms with Crippen molar-refractivity contribution in [3.05, 3.63) is 111 Å². The van der Waals surface area contributed by atoms with Crippen LogP contribution in [0.4, 0.5) is 32.0 Å². The highest BCUT2D eigenvalue weighted by Gasteiger charge is 2.33. The third-order valence-corrected chi connectivity index (χ3v) is 6.65. The molecule has 42 heavy (non-hydrogen) atoms. The van der Waals surface area contributed by atoms with Crippen LogP contribution >= 0.6 is 15.9 Å². The molecule has 0 saturated carbocycles. The SMILES string of the molecule is CC.COC(=O)c1cc(N2C(C)=CCCC=C2c2cc(Br)ccc2OCc2c(F)cc(F)cc2F)cc(C(F)(F)F)c1. The normalized spacial score (nSPS) is 13.4. The van der Waals surface area contributed by atoms with Crippen LogP contribution in [0.25, 0.3) is 5.70 Å². The predicted molar refractivity (Wildman–Crippen MR) is 152 cm³/mol. The van der Waals surface area contributed by atoms with E-state index in [1.807, 2.05) is 19.9 Å². The van der Waals surface area contributed by atoms with Crippen LogP contribution in [0.2, 0.25) is 0 Å². The van der Waals surface area contributed by atoms with Gasteiger partial charge in [-0.3, -0.25) is 0 Å². The van der Waals surface area contributed by atoms with E-state index in [0.29, 0.717) is 46.4 Å². The van der Waals surface area contributed by atoms with E-state index < -0.39 is 47.3 Å². The molecule has 11 heteroatoms. The lowest BCUT2D eigenvalue weighted by Gasteiger charge is -2.30. The second-order valence-corrected chi connectivity index (χ2v) is 9.80. The minimum Gasteiger partial charge on any atom is -0.488 e. The Labute approximate surface area is 248 Å². The number of carbonyl (C=O) groups excluding carboxylic acids is 1. The molecule has 224 valence electrons. The molecule has 3 aromatic carbocycles. The Morgan fingerprint density at radius 2 is 1.60 bits per heavy atom. The zero-order valence-electron chi connectivity index (χ0n) is 23.2. The molecular weight excluding hydrogens is 628 g/mol. The van der Waals surface area contributed by atoms with Crippen LogP contribution in [-0.2, 0) is 17.5 Å². The molecule has 1 aliphatic rings. The zero-order valence-corrected chi connectivity index (χ0v) is 24.8. The summed E-state index contributed by atoms with van der Waals surface area (Å²) in [6, 6.07) is 8.83. The van der Waals surface area contributed by atoms with Crippen LogP contribution in [0.5, 0.6) is 5.75 Å². The number of anilines is 1. The molecular formula is C31H28BrF6NO3. The van der Waals surface area contributed by atoms with Gasteiger partial charge in [0.1, 0.15) is 29.8 Å². The molecule has 0 N–H and O–H groups in total. The van der Waals surface area contributed by atoms with Gasteiger partial charge in [0.15, 0.2) is 0 Å². The summed E-state index contributed by atoms with van der Waals surface area (Å²) in [6.45, 7) is 5.13. The zero-order chi connectivity index (χ0) is 31.2. The molecule has 0 amide bonds. The molecule has 4 rings (SSSR count). The van der Waals surface area contributed by atoms with Gasteiger partial charge in [0.25, 0.3) is 0 Å². The van der Waals surface area contributed by atoms with Gasteiger partial charge in [0, 0.05) is 33.6 Å². The largest absolute Gasteiger partial charge is 0.488 e. The summed E-state index contributed by atoms with van der Waals surface area (Å²) in [5, 5.41) is 0. The van der Waals surface area contributed by atoms with Crippen LogP contribution in [0.3, 0.4) is 0 Å². The van der Waals surface area contributed by atoms with Crippen molar-refractivity contribution < 1.29 is 40.6 Å². The smallest absolute Gasteiger partial charge is 0.416 e. The number of carbonyl (C=O) groups is 1. The van der Waals surface area contributed by atoms with Crippen molar-refractivity contribution in [2.45, 2.75) is 46.4 Å². The summed E-state index contributed by atoms with van der Waals surface area (Å²) in [4.78, 5) is 13.8. The van der Waals surface area contributed by atoms with Gasteiger partial charge in [-0.15, -0.1) is 0 Å². The van der Waals surface area contributed by atoms with Crippen LogP contribution in [0.1, 0.15) is 60.7 Å². The Balaban J connectivity index is 0.00000237. The fraction of sp³-hybridized carbons (Fsp3) is 0.258. The number of rotatable bonds is 6. The molecule has 0 fully saturated rings. The van der Waals surface area contributed by atoms with Crippen LogP contribution in [0.15, 0.2) is 70.9 Å². The first-order chi connectivity index (χ1) is 19.9. The molecule has 1 aliphatic heterocycles. The highest BCUT2D eigenvalue weighted by molar-refractivity contribution is 9.10. The molecule has 3 aromatic rings. The van der Waals surface area contributed by atoms with Gasteiger partial charge in [-0.05, 0) is 56.2 Å². The number of methoxy groups -OCH3 is 1. The molecule has 0 aliphatic carbocycles. The molecule has 0 saturated heterocycles. The van der Waals surface area contributed by atoms with Gasteiger partial charge in [0.2, 0.25) is 0 Å². The maximum Gasteiger partial charge on any atom is 0.416 e. The third kappa shape index (κ3) is 7.56. The Hall–Kier alpha value is -3.73. The minimum absolute atomic E-state index is 0.0404. The quantitative estimate of drug-likeness (QED) is 0.196. The first kappa shape index (κ1) is 32.8. The van der Waals surface area contributed by atoms with Crippen molar-refractivity contribution in [2.24, 2.45) is 0 Å². The molecule has 0 spiro atoms. The number of hydrogen-bond acceptors (Lipinski definition) is 4. The highest BCUT2D eigenvalue weighted by atomic mass is 79.9. The Kier molecular flexibility index (Phi) is 10.9. The van der Waals surface area contributed by atoms with E-state index in [-0.39, 0.29) is 17.0 Å². The number of benzene rings is 3. The van der Waals surface area contributed by atoms with Crippen molar-refractivity contribution in [2.75, 3.05) is 12.0 Å². The van der Waals surface area contributed by atoms with Gasteiger partial charge in [-0.25, -0.2) is 18.0 Å². The number of nitrogens with zero attached hydrogens (tertiary/aromatic N) is 1. The number of allylic oxidation sites excluding steroid dienone is 3. The van der Waals surface area contributed by atoms with Gasteiger partial charge in [-0.1, -0.05) is 41.9 Å². The van der Waals surface area contributed by atoms with Crippen LogP contribution in [0, 0.1) is 17.5 Å². The fourth-order valence-corrected chi connectivity index (χ4v) is 4.65. The second kappa shape index (κ2) is 14.0. The maximum absolute atomic E-state index is 14.3. The summed E-state index contributed by atoms with van der Waals surface area (Å²) < 4.78 is 94.5. The molecule has 0 atom stereocenters. The molecule has 0 aromatic heterocycles. The Bertz CT molecular complexity index is 1490. The van der Waals surface area contributed by atoms with Crippen molar-refractivity contribution in [3.63, 3.8) is 0 Å². The lowest BCUT2D eigenvalue weighted by molar-refractivity contribution is -0.137. The molecule has 4 nitrogen and oxygen atoms in total. The first-order valence-corrected chi connectivity index (χ1v) is 13.7. The van der Waals surface area contributed by atoms with Crippen LogP contribution in [-0.4, -0.2) is 13.1 Å². The summed E-state index contributed by atoms with van der Waals surface area (Å²) in [7, 11) is 1.07. The number of esters is 1. The molecule has 1 heterocycles. The first-order valence-electron chi connectivity index (χ1n) is 12.9. The number of ether oxygens (including phenoxy) is 2. The van der Waals surface area contributed by atoms with Crippen molar-refractivity contribution in [3.8, 4) is 5.75 Å². The van der Waals surface area contributed by atoms with E-state index in [4.69, 9.17) is 4.74 Å². The average Bonchev–Trinajstić information content (AvgIpc) is 3.14. The summed E-state index contributed by atoms with van der Waals surface area (Å²) >= 11 is 3.39. The molecule has 0 radical (unpaired) electrons. The molecule has 0 bridgehead atoms. The van der Waals surface area contributed by atoms with E-state index in [1.54, 1.807) is 30.0 Å². The summed E-state index contributed by atoms with van der Waals surface area (Å²) in [5.74, 6) is -4.09. The lowest BCUT2D eigenvalue weighted by Crippen LogP contribution is -2.21. The standard InChI is InChI=1S/C29H22BrF6NO3.C2H6/c1-16-5-3-4-6-26(37(16)21-10-17(28(38)39-2)9-18(11-21)29(34,35)36)22-12-19(30)7-8-27(22)40-15-23-24(32)13-20(31)14-25(23)33;1-2/h5-14H,3-4,15H2,1-2H3;1-2H3. The second-order valence-electron chi connectivity index (χ2n) is 8.88. The topological polar surface area (TPSA) is 38.8 Å². The van der Waals surface area contributed by atoms with Gasteiger partial charge >= 0.3 is 12.1 Å². The lowest BCUT2D eigenvalue weighted by atomic mass is 10.0. The third-order valence-electron chi connectivity index (χ3n) is 6.16. The maximum atomic E-state index is 14.3. The average molecular weight is 656 g/mol. The highest BCUT2D eigenvalue weighted by Crippen LogP contribution is 2.41. The van der Waals surface area contributed by atoms with Gasteiger partial charge < -0.3 is 14.4 Å².